The van der Waals surface area contributed by atoms with Crippen LogP contribution in [0.2, 0.25) is 0 Å². The Morgan fingerprint density at radius 2 is 1.75 bits per heavy atom. The van der Waals surface area contributed by atoms with Crippen LogP contribution in [0.4, 0.5) is 10.8 Å². The number of carbonyl (C=O) groups excluding carboxylic acids is 1. The van der Waals surface area contributed by atoms with Crippen molar-refractivity contribution in [1.82, 2.24) is 4.98 Å². The van der Waals surface area contributed by atoms with Crippen LogP contribution in [0.1, 0.15) is 20.2 Å². The Labute approximate surface area is 147 Å². The van der Waals surface area contributed by atoms with Crippen LogP contribution in [0.25, 0.3) is 10.1 Å². The number of aryl methyl sites for hydroxylation is 1. The van der Waals surface area contributed by atoms with Crippen molar-refractivity contribution in [2.45, 2.75) is 6.92 Å². The van der Waals surface area contributed by atoms with E-state index in [0.717, 1.165) is 31.5 Å². The van der Waals surface area contributed by atoms with E-state index >= 15 is 0 Å². The Hall–Kier alpha value is -2.50. The molecule has 0 aliphatic heterocycles. The highest BCUT2D eigenvalue weighted by molar-refractivity contribution is 7.23. The highest BCUT2D eigenvalue weighted by Crippen LogP contribution is 2.32. The Kier molecular flexibility index (Phi) is 3.88. The molecule has 0 aliphatic carbocycles. The van der Waals surface area contributed by atoms with Gasteiger partial charge in [-0.1, -0.05) is 47.7 Å². The average molecular weight is 350 g/mol. The summed E-state index contributed by atoms with van der Waals surface area (Å²) >= 11 is 2.93. The second-order valence-corrected chi connectivity index (χ2v) is 7.49. The quantitative estimate of drug-likeness (QED) is 0.484. The third-order valence-corrected chi connectivity index (χ3v) is 5.86. The topological polar surface area (TPSA) is 42.0 Å². The van der Waals surface area contributed by atoms with Crippen molar-refractivity contribution in [3.63, 3.8) is 0 Å². The first-order valence-corrected chi connectivity index (χ1v) is 9.17. The number of aromatic nitrogens is 1. The van der Waals surface area contributed by atoms with Gasteiger partial charge in [0.1, 0.15) is 4.88 Å². The van der Waals surface area contributed by atoms with E-state index in [1.54, 1.807) is 0 Å². The van der Waals surface area contributed by atoms with E-state index in [2.05, 4.69) is 10.3 Å². The number of anilines is 2. The third-order valence-electron chi connectivity index (χ3n) is 3.68. The van der Waals surface area contributed by atoms with E-state index in [1.807, 2.05) is 67.6 Å². The molecule has 24 heavy (non-hydrogen) atoms. The molecule has 4 rings (SSSR count). The van der Waals surface area contributed by atoms with E-state index in [0.29, 0.717) is 4.88 Å². The minimum Gasteiger partial charge on any atom is -0.332 e. The lowest BCUT2D eigenvalue weighted by Crippen LogP contribution is -1.97. The normalized spacial score (nSPS) is 10.9. The molecule has 0 atom stereocenters. The fraction of sp³-hybridized carbons (Fsp3) is 0.0526. The molecule has 0 saturated heterocycles. The summed E-state index contributed by atoms with van der Waals surface area (Å²) in [4.78, 5) is 18.8. The average Bonchev–Trinajstić information content (AvgIpc) is 3.18. The predicted octanol–water partition coefficient (Wildman–Crippen LogP) is 5.64. The first kappa shape index (κ1) is 15.1. The van der Waals surface area contributed by atoms with Crippen LogP contribution in [0.15, 0.2) is 60.7 Å². The largest absolute Gasteiger partial charge is 0.332 e. The molecule has 2 aromatic carbocycles. The molecule has 0 bridgehead atoms. The molecule has 0 unspecified atom stereocenters. The molecule has 0 aliphatic rings. The maximum Gasteiger partial charge on any atom is 0.214 e. The number of ketones is 1. The lowest BCUT2D eigenvalue weighted by Gasteiger charge is -2.00. The summed E-state index contributed by atoms with van der Waals surface area (Å²) in [5, 5.41) is 5.10. The van der Waals surface area contributed by atoms with Crippen molar-refractivity contribution in [3.05, 3.63) is 76.1 Å². The molecule has 0 amide bonds. The van der Waals surface area contributed by atoms with E-state index in [4.69, 9.17) is 0 Å². The molecule has 3 nitrogen and oxygen atoms in total. The van der Waals surface area contributed by atoms with E-state index in [9.17, 15) is 4.79 Å². The zero-order chi connectivity index (χ0) is 16.5. The SMILES string of the molecule is Cc1nc(Nc2ccccc2)sc1C(=O)c1cc2ccccc2s1. The van der Waals surface area contributed by atoms with E-state index in [-0.39, 0.29) is 5.78 Å². The second-order valence-electron chi connectivity index (χ2n) is 5.40. The Morgan fingerprint density at radius 1 is 1.00 bits per heavy atom. The van der Waals surface area contributed by atoms with Gasteiger partial charge in [0, 0.05) is 10.4 Å². The maximum atomic E-state index is 12.9. The Balaban J connectivity index is 1.65. The van der Waals surface area contributed by atoms with Crippen LogP contribution < -0.4 is 5.32 Å². The summed E-state index contributed by atoms with van der Waals surface area (Å²) in [5.74, 6) is 0.0484. The summed E-state index contributed by atoms with van der Waals surface area (Å²) in [6.45, 7) is 1.88. The number of hydrogen-bond acceptors (Lipinski definition) is 5. The molecular weight excluding hydrogens is 336 g/mol. The zero-order valence-electron chi connectivity index (χ0n) is 12.9. The van der Waals surface area contributed by atoms with Gasteiger partial charge >= 0.3 is 0 Å². The first-order valence-electron chi connectivity index (χ1n) is 7.53. The van der Waals surface area contributed by atoms with Crippen molar-refractivity contribution in [1.29, 1.82) is 0 Å². The molecule has 2 aromatic heterocycles. The molecule has 0 spiro atoms. The summed E-state index contributed by atoms with van der Waals surface area (Å²) in [5.41, 5.74) is 1.73. The van der Waals surface area contributed by atoms with Gasteiger partial charge in [0.15, 0.2) is 5.13 Å². The van der Waals surface area contributed by atoms with Crippen molar-refractivity contribution in [2.24, 2.45) is 0 Å². The fourth-order valence-corrected chi connectivity index (χ4v) is 4.53. The van der Waals surface area contributed by atoms with Gasteiger partial charge in [-0.2, -0.15) is 0 Å². The molecule has 0 fully saturated rings. The monoisotopic (exact) mass is 350 g/mol. The second kappa shape index (κ2) is 6.19. The predicted molar refractivity (Wildman–Crippen MR) is 102 cm³/mol. The van der Waals surface area contributed by atoms with Gasteiger partial charge in [0.2, 0.25) is 5.78 Å². The minimum absolute atomic E-state index is 0.0484. The number of nitrogens with zero attached hydrogens (tertiary/aromatic N) is 1. The molecule has 5 heteroatoms. The molecule has 1 N–H and O–H groups in total. The number of benzene rings is 2. The van der Waals surface area contributed by atoms with Crippen LogP contribution in [0, 0.1) is 6.92 Å². The van der Waals surface area contributed by atoms with Crippen LogP contribution >= 0.6 is 22.7 Å². The van der Waals surface area contributed by atoms with Gasteiger partial charge in [-0.15, -0.1) is 11.3 Å². The highest BCUT2D eigenvalue weighted by atomic mass is 32.1. The van der Waals surface area contributed by atoms with Gasteiger partial charge in [-0.25, -0.2) is 4.98 Å². The molecule has 2 heterocycles. The van der Waals surface area contributed by atoms with E-state index in [1.165, 1.54) is 22.7 Å². The summed E-state index contributed by atoms with van der Waals surface area (Å²) < 4.78 is 1.13. The number of thiophene rings is 1. The lowest BCUT2D eigenvalue weighted by atomic mass is 10.2. The van der Waals surface area contributed by atoms with Crippen LogP contribution in [-0.4, -0.2) is 10.8 Å². The number of rotatable bonds is 4. The number of nitrogens with one attached hydrogen (secondary N) is 1. The van der Waals surface area contributed by atoms with Crippen LogP contribution in [-0.2, 0) is 0 Å². The van der Waals surface area contributed by atoms with Crippen LogP contribution in [0.5, 0.6) is 0 Å². The lowest BCUT2D eigenvalue weighted by molar-refractivity contribution is 0.104. The summed E-state index contributed by atoms with van der Waals surface area (Å²) in [6.07, 6.45) is 0. The number of carbonyl (C=O) groups is 1. The Bertz CT molecular complexity index is 985. The number of para-hydroxylation sites is 1. The zero-order valence-corrected chi connectivity index (χ0v) is 14.6. The molecule has 4 aromatic rings. The smallest absolute Gasteiger partial charge is 0.214 e. The van der Waals surface area contributed by atoms with Crippen molar-refractivity contribution >= 4 is 49.4 Å². The van der Waals surface area contributed by atoms with Crippen molar-refractivity contribution in [3.8, 4) is 0 Å². The molecule has 118 valence electrons. The molecule has 0 saturated carbocycles. The third kappa shape index (κ3) is 2.84. The van der Waals surface area contributed by atoms with Gasteiger partial charge in [0.05, 0.1) is 10.6 Å². The van der Waals surface area contributed by atoms with Gasteiger partial charge in [-0.05, 0) is 36.6 Å². The highest BCUT2D eigenvalue weighted by Gasteiger charge is 2.19. The summed E-state index contributed by atoms with van der Waals surface area (Å²) in [6, 6.07) is 19.9. The first-order chi connectivity index (χ1) is 11.7. The van der Waals surface area contributed by atoms with Crippen molar-refractivity contribution in [2.75, 3.05) is 5.32 Å². The maximum absolute atomic E-state index is 12.9. The summed E-state index contributed by atoms with van der Waals surface area (Å²) in [7, 11) is 0. The van der Waals surface area contributed by atoms with Gasteiger partial charge in [-0.3, -0.25) is 4.79 Å². The van der Waals surface area contributed by atoms with Gasteiger partial charge < -0.3 is 5.32 Å². The number of hydrogen-bond donors (Lipinski definition) is 1. The minimum atomic E-state index is 0.0484. The number of thiazole rings is 1. The van der Waals surface area contributed by atoms with Crippen LogP contribution in [0.3, 0.4) is 0 Å². The molecule has 0 radical (unpaired) electrons. The van der Waals surface area contributed by atoms with Crippen molar-refractivity contribution < 1.29 is 4.79 Å². The fourth-order valence-electron chi connectivity index (χ4n) is 2.51. The Morgan fingerprint density at radius 3 is 2.54 bits per heavy atom. The van der Waals surface area contributed by atoms with Gasteiger partial charge in [0.25, 0.3) is 0 Å². The molecular formula is C19H14N2OS2. The standard InChI is InChI=1S/C19H14N2OS2/c1-12-18(24-19(20-12)21-14-8-3-2-4-9-14)17(22)16-11-13-7-5-6-10-15(13)23-16/h2-11H,1H3,(H,20,21). The number of fused-ring (bicyclic) bond motifs is 1. The van der Waals surface area contributed by atoms with E-state index < -0.39 is 0 Å².